The van der Waals surface area contributed by atoms with Crippen molar-refractivity contribution in [1.82, 2.24) is 4.90 Å². The summed E-state index contributed by atoms with van der Waals surface area (Å²) in [6.45, 7) is 0.467. The molecule has 1 aromatic rings. The van der Waals surface area contributed by atoms with Gasteiger partial charge in [-0.3, -0.25) is 4.79 Å². The molecule has 0 aliphatic carbocycles. The van der Waals surface area contributed by atoms with Crippen molar-refractivity contribution in [2.45, 2.75) is 24.4 Å². The van der Waals surface area contributed by atoms with E-state index < -0.39 is 12.2 Å². The maximum Gasteiger partial charge on any atom is 0.264 e. The summed E-state index contributed by atoms with van der Waals surface area (Å²) in [5.74, 6) is 2.06. The molecule has 0 aromatic carbocycles. The van der Waals surface area contributed by atoms with Crippen LogP contribution >= 0.6 is 23.1 Å². The second-order valence-corrected chi connectivity index (χ2v) is 6.95. The highest BCUT2D eigenvalue weighted by atomic mass is 32.2. The van der Waals surface area contributed by atoms with Crippen LogP contribution in [0, 0.1) is 0 Å². The number of amides is 1. The third kappa shape index (κ3) is 2.18. The minimum Gasteiger partial charge on any atom is -0.388 e. The Morgan fingerprint density at radius 3 is 2.72 bits per heavy atom. The van der Waals surface area contributed by atoms with E-state index in [0.29, 0.717) is 0 Å². The van der Waals surface area contributed by atoms with Crippen LogP contribution in [-0.4, -0.2) is 52.1 Å². The summed E-state index contributed by atoms with van der Waals surface area (Å²) in [7, 11) is 0. The number of carbonyl (C=O) groups excluding carboxylic acids is 1. The van der Waals surface area contributed by atoms with Crippen molar-refractivity contribution in [1.29, 1.82) is 0 Å². The molecule has 18 heavy (non-hydrogen) atoms. The molecule has 0 radical (unpaired) electrons. The number of aliphatic hydroxyl groups is 2. The zero-order valence-corrected chi connectivity index (χ0v) is 11.5. The van der Waals surface area contributed by atoms with Gasteiger partial charge in [0.05, 0.1) is 17.1 Å². The first-order valence-corrected chi connectivity index (χ1v) is 7.97. The first-order chi connectivity index (χ1) is 8.65. The SMILES string of the molecule is O=C(c1cc2c(s1)CCSC2)N1CC(O)C(O)C1. The number of hydrogen-bond acceptors (Lipinski definition) is 5. The van der Waals surface area contributed by atoms with E-state index in [1.54, 1.807) is 16.2 Å². The molecule has 1 saturated heterocycles. The van der Waals surface area contributed by atoms with Gasteiger partial charge in [0.1, 0.15) is 0 Å². The van der Waals surface area contributed by atoms with Crippen LogP contribution in [0.5, 0.6) is 0 Å². The Hall–Kier alpha value is -0.560. The summed E-state index contributed by atoms with van der Waals surface area (Å²) in [6.07, 6.45) is -0.568. The van der Waals surface area contributed by atoms with Gasteiger partial charge in [-0.25, -0.2) is 0 Å². The predicted octanol–water partition coefficient (Wildman–Crippen LogP) is 0.715. The lowest BCUT2D eigenvalue weighted by Gasteiger charge is -2.13. The number of aryl methyl sites for hydroxylation is 1. The minimum absolute atomic E-state index is 0.0602. The predicted molar refractivity (Wildman–Crippen MR) is 72.1 cm³/mol. The molecule has 2 aliphatic heterocycles. The van der Waals surface area contributed by atoms with Crippen molar-refractivity contribution in [2.75, 3.05) is 18.8 Å². The third-order valence-corrected chi connectivity index (χ3v) is 5.62. The number of fused-ring (bicyclic) bond motifs is 1. The normalized spacial score (nSPS) is 27.3. The van der Waals surface area contributed by atoms with Gasteiger partial charge < -0.3 is 15.1 Å². The highest BCUT2D eigenvalue weighted by Gasteiger charge is 2.33. The highest BCUT2D eigenvalue weighted by molar-refractivity contribution is 7.98. The van der Waals surface area contributed by atoms with Crippen molar-refractivity contribution in [2.24, 2.45) is 0 Å². The van der Waals surface area contributed by atoms with Crippen LogP contribution in [-0.2, 0) is 12.2 Å². The Morgan fingerprint density at radius 2 is 2.06 bits per heavy atom. The van der Waals surface area contributed by atoms with Crippen LogP contribution in [0.15, 0.2) is 6.07 Å². The summed E-state index contributed by atoms with van der Waals surface area (Å²) < 4.78 is 0. The second kappa shape index (κ2) is 4.85. The lowest BCUT2D eigenvalue weighted by Crippen LogP contribution is -2.29. The fraction of sp³-hybridized carbons (Fsp3) is 0.583. The van der Waals surface area contributed by atoms with Crippen molar-refractivity contribution >= 4 is 29.0 Å². The fourth-order valence-corrected chi connectivity index (χ4v) is 4.68. The fourth-order valence-electron chi connectivity index (χ4n) is 2.34. The Balaban J connectivity index is 1.78. The Morgan fingerprint density at radius 1 is 1.33 bits per heavy atom. The van der Waals surface area contributed by atoms with Gasteiger partial charge in [0.15, 0.2) is 0 Å². The number of carbonyl (C=O) groups is 1. The van der Waals surface area contributed by atoms with Crippen LogP contribution < -0.4 is 0 Å². The standard InChI is InChI=1S/C12H15NO3S2/c14-8-4-13(5-9(8)15)12(16)11-3-7-6-17-2-1-10(7)18-11/h3,8-9,14-15H,1-2,4-6H2. The van der Waals surface area contributed by atoms with Gasteiger partial charge in [-0.05, 0) is 23.8 Å². The molecule has 1 fully saturated rings. The van der Waals surface area contributed by atoms with E-state index in [-0.39, 0.29) is 19.0 Å². The van der Waals surface area contributed by atoms with E-state index in [1.165, 1.54) is 10.4 Å². The van der Waals surface area contributed by atoms with Crippen molar-refractivity contribution in [3.63, 3.8) is 0 Å². The first-order valence-electron chi connectivity index (χ1n) is 6.00. The van der Waals surface area contributed by atoms with E-state index in [1.807, 2.05) is 17.8 Å². The molecular weight excluding hydrogens is 270 g/mol. The molecule has 0 saturated carbocycles. The number of likely N-dealkylation sites (tertiary alicyclic amines) is 1. The van der Waals surface area contributed by atoms with Crippen LogP contribution in [0.4, 0.5) is 0 Å². The number of aliphatic hydroxyl groups excluding tert-OH is 2. The van der Waals surface area contributed by atoms with Gasteiger partial charge in [-0.1, -0.05) is 0 Å². The third-order valence-electron chi connectivity index (χ3n) is 3.38. The quantitative estimate of drug-likeness (QED) is 0.798. The maximum atomic E-state index is 12.3. The summed E-state index contributed by atoms with van der Waals surface area (Å²) in [5.41, 5.74) is 1.28. The van der Waals surface area contributed by atoms with E-state index in [0.717, 1.165) is 22.8 Å². The van der Waals surface area contributed by atoms with E-state index >= 15 is 0 Å². The number of rotatable bonds is 1. The number of hydrogen-bond donors (Lipinski definition) is 2. The smallest absolute Gasteiger partial charge is 0.264 e. The Kier molecular flexibility index (Phi) is 3.36. The van der Waals surface area contributed by atoms with E-state index in [4.69, 9.17) is 0 Å². The number of β-amino-alcohol motifs (C(OH)–C–C–N with tert-alkyl or cyclic N) is 2. The molecular formula is C12H15NO3S2. The first kappa shape index (κ1) is 12.5. The van der Waals surface area contributed by atoms with Gasteiger partial charge in [0.2, 0.25) is 0 Å². The van der Waals surface area contributed by atoms with Gasteiger partial charge in [-0.15, -0.1) is 11.3 Å². The van der Waals surface area contributed by atoms with Crippen LogP contribution in [0.2, 0.25) is 0 Å². The number of thiophene rings is 1. The average molecular weight is 285 g/mol. The van der Waals surface area contributed by atoms with Crippen molar-refractivity contribution in [3.05, 3.63) is 21.4 Å². The summed E-state index contributed by atoms with van der Waals surface area (Å²) >= 11 is 3.46. The van der Waals surface area contributed by atoms with Crippen LogP contribution in [0.25, 0.3) is 0 Å². The lowest BCUT2D eigenvalue weighted by molar-refractivity contribution is 0.0572. The van der Waals surface area contributed by atoms with Gasteiger partial charge in [-0.2, -0.15) is 11.8 Å². The minimum atomic E-state index is -0.806. The average Bonchev–Trinajstić information content (AvgIpc) is 2.93. The van der Waals surface area contributed by atoms with Crippen LogP contribution in [0.3, 0.4) is 0 Å². The van der Waals surface area contributed by atoms with Crippen LogP contribution in [0.1, 0.15) is 20.1 Å². The zero-order valence-electron chi connectivity index (χ0n) is 9.83. The molecule has 0 spiro atoms. The van der Waals surface area contributed by atoms with E-state index in [2.05, 4.69) is 0 Å². The molecule has 6 heteroatoms. The van der Waals surface area contributed by atoms with E-state index in [9.17, 15) is 15.0 Å². The molecule has 2 aliphatic rings. The lowest BCUT2D eigenvalue weighted by atomic mass is 10.2. The highest BCUT2D eigenvalue weighted by Crippen LogP contribution is 2.32. The van der Waals surface area contributed by atoms with Crippen molar-refractivity contribution < 1.29 is 15.0 Å². The molecule has 1 amide bonds. The number of nitrogens with zero attached hydrogens (tertiary/aromatic N) is 1. The molecule has 1 aromatic heterocycles. The molecule has 0 bridgehead atoms. The molecule has 2 unspecified atom stereocenters. The van der Waals surface area contributed by atoms with Gasteiger partial charge >= 0.3 is 0 Å². The largest absolute Gasteiger partial charge is 0.388 e. The second-order valence-electron chi connectivity index (χ2n) is 4.71. The molecule has 98 valence electrons. The van der Waals surface area contributed by atoms with Gasteiger partial charge in [0, 0.05) is 23.7 Å². The summed E-state index contributed by atoms with van der Waals surface area (Å²) in [5, 5.41) is 19.0. The molecule has 4 nitrogen and oxygen atoms in total. The molecule has 3 heterocycles. The monoisotopic (exact) mass is 285 g/mol. The molecule has 2 atom stereocenters. The maximum absolute atomic E-state index is 12.3. The topological polar surface area (TPSA) is 60.8 Å². The summed E-state index contributed by atoms with van der Waals surface area (Å²) in [6, 6.07) is 1.98. The molecule has 3 rings (SSSR count). The Labute approximate surface area is 114 Å². The van der Waals surface area contributed by atoms with Crippen molar-refractivity contribution in [3.8, 4) is 0 Å². The Bertz CT molecular complexity index is 440. The number of thioether (sulfide) groups is 1. The van der Waals surface area contributed by atoms with Gasteiger partial charge in [0.25, 0.3) is 5.91 Å². The molecule has 2 N–H and O–H groups in total. The summed E-state index contributed by atoms with van der Waals surface area (Å²) in [4.78, 5) is 15.9. The zero-order chi connectivity index (χ0) is 12.7.